The van der Waals surface area contributed by atoms with Gasteiger partial charge in [-0.1, -0.05) is 108 Å². The molecule has 1 aliphatic carbocycles. The topological polar surface area (TPSA) is 9.23 Å². The maximum absolute atomic E-state index is 7.05. The van der Waals surface area contributed by atoms with Crippen molar-refractivity contribution < 1.29 is 4.74 Å². The largest absolute Gasteiger partial charge is 0.478 e. The molecule has 0 saturated heterocycles. The lowest BCUT2D eigenvalue weighted by atomic mass is 9.74. The predicted molar refractivity (Wildman–Crippen MR) is 111 cm³/mol. The third kappa shape index (κ3) is 1.97. The molecule has 0 radical (unpaired) electrons. The van der Waals surface area contributed by atoms with Crippen LogP contribution in [-0.4, -0.2) is 4.33 Å². The number of halogens is 2. The molecule has 136 valence electrons. The third-order valence-electron chi connectivity index (χ3n) is 6.42. The van der Waals surface area contributed by atoms with Gasteiger partial charge in [-0.2, -0.15) is 0 Å². The van der Waals surface area contributed by atoms with Gasteiger partial charge in [-0.25, -0.2) is 0 Å². The Kier molecular flexibility index (Phi) is 3.51. The Morgan fingerprint density at radius 3 is 2.15 bits per heavy atom. The van der Waals surface area contributed by atoms with E-state index in [0.717, 1.165) is 16.9 Å². The molecule has 1 nitrogen and oxygen atoms in total. The van der Waals surface area contributed by atoms with Crippen LogP contribution in [0.25, 0.3) is 0 Å². The van der Waals surface area contributed by atoms with Gasteiger partial charge in [0.15, 0.2) is 9.93 Å². The molecule has 3 aromatic carbocycles. The van der Waals surface area contributed by atoms with Crippen LogP contribution in [0, 0.1) is 12.3 Å². The fourth-order valence-electron chi connectivity index (χ4n) is 4.94. The summed E-state index contributed by atoms with van der Waals surface area (Å²) in [5.41, 5.74) is 3.32. The number of benzene rings is 3. The Morgan fingerprint density at radius 2 is 1.44 bits per heavy atom. The molecule has 0 spiro atoms. The monoisotopic (exact) mass is 394 g/mol. The minimum atomic E-state index is -1.05. The smallest absolute Gasteiger partial charge is 0.177 e. The predicted octanol–water partition coefficient (Wildman–Crippen LogP) is 6.61. The Morgan fingerprint density at radius 1 is 0.815 bits per heavy atom. The van der Waals surface area contributed by atoms with Gasteiger partial charge in [-0.05, 0) is 24.1 Å². The summed E-state index contributed by atoms with van der Waals surface area (Å²) >= 11 is 14.1. The second kappa shape index (κ2) is 5.53. The zero-order valence-corrected chi connectivity index (χ0v) is 16.8. The Bertz CT molecular complexity index is 1010. The molecule has 27 heavy (non-hydrogen) atoms. The molecule has 1 heterocycles. The number of rotatable bonds is 2. The minimum Gasteiger partial charge on any atom is -0.478 e. The molecule has 0 unspecified atom stereocenters. The lowest BCUT2D eigenvalue weighted by molar-refractivity contribution is 0.102. The van der Waals surface area contributed by atoms with Gasteiger partial charge in [0.05, 0.1) is 5.41 Å². The number of aryl methyl sites for hydroxylation is 1. The molecule has 3 heteroatoms. The van der Waals surface area contributed by atoms with Crippen molar-refractivity contribution in [2.45, 2.75) is 29.7 Å². The molecule has 2 aliphatic rings. The van der Waals surface area contributed by atoms with E-state index in [9.17, 15) is 0 Å². The summed E-state index contributed by atoms with van der Waals surface area (Å²) in [5.74, 6) is 0.894. The second-order valence-corrected chi connectivity index (χ2v) is 9.13. The van der Waals surface area contributed by atoms with Crippen molar-refractivity contribution in [2.24, 2.45) is 5.41 Å². The lowest BCUT2D eigenvalue weighted by Crippen LogP contribution is -2.33. The summed E-state index contributed by atoms with van der Waals surface area (Å²) in [7, 11) is 0. The molecule has 0 bridgehead atoms. The van der Waals surface area contributed by atoms with E-state index in [-0.39, 0.29) is 5.92 Å². The fraction of sp³-hybridized carbons (Fsp3) is 0.250. The normalized spacial score (nSPS) is 30.0. The molecule has 0 aromatic heterocycles. The Balaban J connectivity index is 1.79. The molecule has 1 saturated carbocycles. The number of ether oxygens (including phenoxy) is 1. The summed E-state index contributed by atoms with van der Waals surface area (Å²) in [6.45, 7) is 4.25. The zero-order valence-electron chi connectivity index (χ0n) is 15.2. The SMILES string of the molecule is Cc1ccc([C@@H]2c3ccccc3O[C@@]3(c4ccccc4)C(Cl)(Cl)[C@]23C)cc1. The van der Waals surface area contributed by atoms with Gasteiger partial charge in [0.25, 0.3) is 0 Å². The summed E-state index contributed by atoms with van der Waals surface area (Å²) < 4.78 is 5.56. The second-order valence-electron chi connectivity index (χ2n) is 7.81. The highest BCUT2D eigenvalue weighted by atomic mass is 35.5. The van der Waals surface area contributed by atoms with Gasteiger partial charge >= 0.3 is 0 Å². The van der Waals surface area contributed by atoms with E-state index in [1.54, 1.807) is 0 Å². The summed E-state index contributed by atoms with van der Waals surface area (Å²) in [5, 5.41) is 0. The van der Waals surface area contributed by atoms with Gasteiger partial charge in [0.1, 0.15) is 5.75 Å². The van der Waals surface area contributed by atoms with Crippen LogP contribution in [-0.2, 0) is 5.60 Å². The van der Waals surface area contributed by atoms with E-state index in [1.165, 1.54) is 11.1 Å². The minimum absolute atomic E-state index is 0.0401. The van der Waals surface area contributed by atoms with Crippen LogP contribution < -0.4 is 4.74 Å². The standard InChI is InChI=1S/C24H20Cl2O/c1-16-12-14-17(15-13-16)21-19-10-6-7-11-20(19)27-23(18-8-4-3-5-9-18)22(21,2)24(23,25)26/h3-15,21H,1-2H3/t21-,22-,23-/m1/s1. The number of hydrogen-bond acceptors (Lipinski definition) is 1. The van der Waals surface area contributed by atoms with Gasteiger partial charge < -0.3 is 4.74 Å². The van der Waals surface area contributed by atoms with Crippen LogP contribution in [0.1, 0.15) is 35.1 Å². The molecule has 3 atom stereocenters. The van der Waals surface area contributed by atoms with Crippen molar-refractivity contribution in [1.29, 1.82) is 0 Å². The molecule has 0 N–H and O–H groups in total. The van der Waals surface area contributed by atoms with Gasteiger partial charge in [0, 0.05) is 11.5 Å². The highest BCUT2D eigenvalue weighted by Crippen LogP contribution is 2.85. The molecule has 0 amide bonds. The number of alkyl halides is 2. The van der Waals surface area contributed by atoms with Crippen molar-refractivity contribution in [2.75, 3.05) is 0 Å². The first kappa shape index (κ1) is 17.2. The van der Waals surface area contributed by atoms with E-state index in [0.29, 0.717) is 0 Å². The van der Waals surface area contributed by atoms with E-state index < -0.39 is 15.3 Å². The summed E-state index contributed by atoms with van der Waals surface area (Å²) in [6, 6.07) is 27.0. The van der Waals surface area contributed by atoms with Crippen molar-refractivity contribution >= 4 is 23.2 Å². The molecule has 1 aliphatic heterocycles. The first-order valence-electron chi connectivity index (χ1n) is 9.21. The van der Waals surface area contributed by atoms with Crippen LogP contribution in [0.5, 0.6) is 5.75 Å². The molecular weight excluding hydrogens is 375 g/mol. The van der Waals surface area contributed by atoms with Crippen LogP contribution in [0.2, 0.25) is 0 Å². The van der Waals surface area contributed by atoms with Crippen LogP contribution >= 0.6 is 23.2 Å². The third-order valence-corrected chi connectivity index (χ3v) is 7.74. The van der Waals surface area contributed by atoms with Crippen molar-refractivity contribution in [3.63, 3.8) is 0 Å². The van der Waals surface area contributed by atoms with E-state index in [1.807, 2.05) is 30.3 Å². The van der Waals surface area contributed by atoms with Crippen molar-refractivity contribution in [3.05, 3.63) is 101 Å². The average Bonchev–Trinajstić information content (AvgIpc) is 3.09. The lowest BCUT2D eigenvalue weighted by Gasteiger charge is -2.36. The number of fused-ring (bicyclic) bond motifs is 2. The van der Waals surface area contributed by atoms with E-state index in [4.69, 9.17) is 27.9 Å². The van der Waals surface area contributed by atoms with Gasteiger partial charge in [-0.15, -0.1) is 0 Å². The number of hydrogen-bond donors (Lipinski definition) is 0. The first-order valence-corrected chi connectivity index (χ1v) is 9.97. The maximum atomic E-state index is 7.05. The van der Waals surface area contributed by atoms with Gasteiger partial charge in [0.2, 0.25) is 0 Å². The molecule has 3 aromatic rings. The average molecular weight is 395 g/mol. The summed E-state index contributed by atoms with van der Waals surface area (Å²) in [4.78, 5) is 0. The van der Waals surface area contributed by atoms with Crippen LogP contribution in [0.4, 0.5) is 0 Å². The summed E-state index contributed by atoms with van der Waals surface area (Å²) in [6.07, 6.45) is 0. The Hall–Kier alpha value is -1.96. The first-order chi connectivity index (χ1) is 12.9. The number of para-hydroxylation sites is 1. The molecular formula is C24H20Cl2O. The fourth-order valence-corrected chi connectivity index (χ4v) is 6.02. The van der Waals surface area contributed by atoms with Crippen LogP contribution in [0.15, 0.2) is 78.9 Å². The zero-order chi connectivity index (χ0) is 18.9. The molecule has 1 fully saturated rings. The molecule has 5 rings (SSSR count). The Labute approximate surface area is 169 Å². The van der Waals surface area contributed by atoms with Crippen molar-refractivity contribution in [3.8, 4) is 5.75 Å². The van der Waals surface area contributed by atoms with Crippen molar-refractivity contribution in [1.82, 2.24) is 0 Å². The highest BCUT2D eigenvalue weighted by Gasteiger charge is 2.91. The van der Waals surface area contributed by atoms with Crippen LogP contribution in [0.3, 0.4) is 0 Å². The maximum Gasteiger partial charge on any atom is 0.177 e. The van der Waals surface area contributed by atoms with E-state index in [2.05, 4.69) is 62.4 Å². The quantitative estimate of drug-likeness (QED) is 0.444. The highest BCUT2D eigenvalue weighted by molar-refractivity contribution is 6.53. The van der Waals surface area contributed by atoms with Gasteiger partial charge in [-0.3, -0.25) is 0 Å². The van der Waals surface area contributed by atoms with E-state index >= 15 is 0 Å².